The third-order valence-electron chi connectivity index (χ3n) is 3.11. The number of hydrogen-bond acceptors (Lipinski definition) is 4. The van der Waals surface area contributed by atoms with Crippen LogP contribution in [0, 0.1) is 11.6 Å². The van der Waals surface area contributed by atoms with Crippen LogP contribution < -0.4 is 14.2 Å². The zero-order valence-corrected chi connectivity index (χ0v) is 12.3. The Labute approximate surface area is 126 Å². The van der Waals surface area contributed by atoms with Gasteiger partial charge in [0.05, 0.1) is 21.3 Å². The lowest BCUT2D eigenvalue weighted by Gasteiger charge is -2.13. The number of benzene rings is 2. The molecular formula is C16H14F2O4. The van der Waals surface area contributed by atoms with Crippen LogP contribution in [0.5, 0.6) is 17.2 Å². The second-order valence-electron chi connectivity index (χ2n) is 4.37. The molecule has 0 aliphatic rings. The molecule has 6 heteroatoms. The molecule has 4 nitrogen and oxygen atoms in total. The summed E-state index contributed by atoms with van der Waals surface area (Å²) in [5, 5.41) is 0. The molecule has 0 aromatic heterocycles. The summed E-state index contributed by atoms with van der Waals surface area (Å²) < 4.78 is 41.7. The van der Waals surface area contributed by atoms with Crippen LogP contribution >= 0.6 is 0 Å². The topological polar surface area (TPSA) is 44.8 Å². The molecule has 2 rings (SSSR count). The van der Waals surface area contributed by atoms with Gasteiger partial charge in [0.25, 0.3) is 0 Å². The van der Waals surface area contributed by atoms with Gasteiger partial charge in [0.1, 0.15) is 0 Å². The van der Waals surface area contributed by atoms with Crippen molar-refractivity contribution in [2.75, 3.05) is 21.3 Å². The van der Waals surface area contributed by atoms with Crippen molar-refractivity contribution in [3.63, 3.8) is 0 Å². The molecule has 0 heterocycles. The van der Waals surface area contributed by atoms with Crippen molar-refractivity contribution in [2.24, 2.45) is 0 Å². The Hall–Kier alpha value is -2.63. The first-order valence-electron chi connectivity index (χ1n) is 6.31. The lowest BCUT2D eigenvalue weighted by molar-refractivity contribution is 0.103. The van der Waals surface area contributed by atoms with Crippen LogP contribution in [-0.4, -0.2) is 27.1 Å². The minimum absolute atomic E-state index is 0.0215. The third kappa shape index (κ3) is 2.86. The predicted octanol–water partition coefficient (Wildman–Crippen LogP) is 3.22. The van der Waals surface area contributed by atoms with E-state index in [9.17, 15) is 13.6 Å². The van der Waals surface area contributed by atoms with E-state index in [2.05, 4.69) is 0 Å². The van der Waals surface area contributed by atoms with E-state index >= 15 is 0 Å². The van der Waals surface area contributed by atoms with Gasteiger partial charge in [0.2, 0.25) is 5.75 Å². The maximum Gasteiger partial charge on any atom is 0.203 e. The largest absolute Gasteiger partial charge is 0.493 e. The molecule has 0 atom stereocenters. The second-order valence-corrected chi connectivity index (χ2v) is 4.37. The van der Waals surface area contributed by atoms with Gasteiger partial charge in [0, 0.05) is 11.1 Å². The molecule has 0 radical (unpaired) electrons. The van der Waals surface area contributed by atoms with Gasteiger partial charge < -0.3 is 14.2 Å². The number of methoxy groups -OCH3 is 3. The van der Waals surface area contributed by atoms with Crippen LogP contribution in [0.15, 0.2) is 30.3 Å². The van der Waals surface area contributed by atoms with Crippen LogP contribution in [0.4, 0.5) is 8.78 Å². The zero-order chi connectivity index (χ0) is 16.3. The average Bonchev–Trinajstić information content (AvgIpc) is 2.55. The molecule has 22 heavy (non-hydrogen) atoms. The Morgan fingerprint density at radius 3 is 1.86 bits per heavy atom. The normalized spacial score (nSPS) is 10.2. The van der Waals surface area contributed by atoms with Gasteiger partial charge in [-0.1, -0.05) is 0 Å². The number of halogens is 2. The molecule has 0 saturated heterocycles. The van der Waals surface area contributed by atoms with Gasteiger partial charge in [-0.05, 0) is 30.3 Å². The Morgan fingerprint density at radius 1 is 0.818 bits per heavy atom. The lowest BCUT2D eigenvalue weighted by atomic mass is 10.0. The summed E-state index contributed by atoms with van der Waals surface area (Å²) in [5.74, 6) is -1.65. The van der Waals surface area contributed by atoms with Crippen LogP contribution in [0.1, 0.15) is 15.9 Å². The highest BCUT2D eigenvalue weighted by Crippen LogP contribution is 2.38. The first-order valence-corrected chi connectivity index (χ1v) is 6.31. The molecular weight excluding hydrogens is 294 g/mol. The molecule has 0 aliphatic carbocycles. The Balaban J connectivity index is 2.51. The predicted molar refractivity (Wildman–Crippen MR) is 75.9 cm³/mol. The molecule has 0 saturated carbocycles. The van der Waals surface area contributed by atoms with E-state index in [1.807, 2.05) is 0 Å². The number of ether oxygens (including phenoxy) is 3. The van der Waals surface area contributed by atoms with E-state index in [0.717, 1.165) is 12.1 Å². The van der Waals surface area contributed by atoms with E-state index in [1.54, 1.807) is 0 Å². The molecule has 0 fully saturated rings. The summed E-state index contributed by atoms with van der Waals surface area (Å²) in [6.07, 6.45) is 0. The number of carbonyl (C=O) groups excluding carboxylic acids is 1. The van der Waals surface area contributed by atoms with Gasteiger partial charge >= 0.3 is 0 Å². The zero-order valence-electron chi connectivity index (χ0n) is 12.3. The van der Waals surface area contributed by atoms with E-state index in [1.165, 1.54) is 39.5 Å². The van der Waals surface area contributed by atoms with Crippen molar-refractivity contribution in [3.05, 3.63) is 53.1 Å². The Morgan fingerprint density at radius 2 is 1.41 bits per heavy atom. The van der Waals surface area contributed by atoms with Crippen molar-refractivity contribution in [1.82, 2.24) is 0 Å². The molecule has 0 aliphatic heterocycles. The maximum absolute atomic E-state index is 13.3. The molecule has 0 N–H and O–H groups in total. The fraction of sp³-hybridized carbons (Fsp3) is 0.188. The SMILES string of the molecule is COc1cc(C(=O)c2ccc(F)c(F)c2)cc(OC)c1OC. The first-order chi connectivity index (χ1) is 10.5. The van der Waals surface area contributed by atoms with Crippen molar-refractivity contribution in [3.8, 4) is 17.2 Å². The molecule has 0 unspecified atom stereocenters. The molecule has 116 valence electrons. The third-order valence-corrected chi connectivity index (χ3v) is 3.11. The summed E-state index contributed by atoms with van der Waals surface area (Å²) in [4.78, 5) is 12.4. The van der Waals surface area contributed by atoms with E-state index in [-0.39, 0.29) is 11.1 Å². The van der Waals surface area contributed by atoms with Crippen molar-refractivity contribution in [1.29, 1.82) is 0 Å². The molecule has 0 amide bonds. The lowest BCUT2D eigenvalue weighted by Crippen LogP contribution is -2.05. The van der Waals surface area contributed by atoms with Crippen LogP contribution in [0.25, 0.3) is 0 Å². The average molecular weight is 308 g/mol. The monoisotopic (exact) mass is 308 g/mol. The quantitative estimate of drug-likeness (QED) is 0.796. The minimum atomic E-state index is -1.08. The highest BCUT2D eigenvalue weighted by molar-refractivity contribution is 6.09. The highest BCUT2D eigenvalue weighted by Gasteiger charge is 2.19. The van der Waals surface area contributed by atoms with Gasteiger partial charge in [-0.2, -0.15) is 0 Å². The Kier molecular flexibility index (Phi) is 4.60. The molecule has 0 spiro atoms. The molecule has 2 aromatic carbocycles. The standard InChI is InChI=1S/C16H14F2O4/c1-20-13-7-10(8-14(21-2)16(13)22-3)15(19)9-4-5-11(17)12(18)6-9/h4-8H,1-3H3. The van der Waals surface area contributed by atoms with Crippen molar-refractivity contribution >= 4 is 5.78 Å². The summed E-state index contributed by atoms with van der Waals surface area (Å²) in [6.45, 7) is 0. The number of carbonyl (C=O) groups is 1. The van der Waals surface area contributed by atoms with Crippen LogP contribution in [0.2, 0.25) is 0 Å². The van der Waals surface area contributed by atoms with E-state index in [0.29, 0.717) is 17.2 Å². The fourth-order valence-electron chi connectivity index (χ4n) is 2.02. The smallest absolute Gasteiger partial charge is 0.203 e. The van der Waals surface area contributed by atoms with Crippen molar-refractivity contribution in [2.45, 2.75) is 0 Å². The van der Waals surface area contributed by atoms with Gasteiger partial charge in [0.15, 0.2) is 28.9 Å². The summed E-state index contributed by atoms with van der Waals surface area (Å²) >= 11 is 0. The van der Waals surface area contributed by atoms with E-state index in [4.69, 9.17) is 14.2 Å². The first kappa shape index (κ1) is 15.8. The second kappa shape index (κ2) is 6.43. The minimum Gasteiger partial charge on any atom is -0.493 e. The summed E-state index contributed by atoms with van der Waals surface area (Å²) in [5.41, 5.74) is 0.230. The van der Waals surface area contributed by atoms with Gasteiger partial charge in [-0.3, -0.25) is 4.79 Å². The van der Waals surface area contributed by atoms with Crippen molar-refractivity contribution < 1.29 is 27.8 Å². The van der Waals surface area contributed by atoms with Crippen LogP contribution in [-0.2, 0) is 0 Å². The maximum atomic E-state index is 13.3. The van der Waals surface area contributed by atoms with Crippen LogP contribution in [0.3, 0.4) is 0 Å². The number of hydrogen-bond donors (Lipinski definition) is 0. The van der Waals surface area contributed by atoms with Gasteiger partial charge in [-0.15, -0.1) is 0 Å². The summed E-state index contributed by atoms with van der Waals surface area (Å²) in [6, 6.07) is 5.86. The molecule has 0 bridgehead atoms. The fourth-order valence-corrected chi connectivity index (χ4v) is 2.02. The molecule has 2 aromatic rings. The highest BCUT2D eigenvalue weighted by atomic mass is 19.2. The summed E-state index contributed by atoms with van der Waals surface area (Å²) in [7, 11) is 4.28. The number of rotatable bonds is 5. The van der Waals surface area contributed by atoms with Gasteiger partial charge in [-0.25, -0.2) is 8.78 Å². The van der Waals surface area contributed by atoms with E-state index < -0.39 is 17.4 Å². The Bertz CT molecular complexity index is 688. The number of ketones is 1.